The van der Waals surface area contributed by atoms with Gasteiger partial charge in [0, 0.05) is 18.1 Å². The summed E-state index contributed by atoms with van der Waals surface area (Å²) in [4.78, 5) is 19.9. The van der Waals surface area contributed by atoms with Gasteiger partial charge >= 0.3 is 0 Å². The Hall–Kier alpha value is -1.92. The van der Waals surface area contributed by atoms with Crippen molar-refractivity contribution < 1.29 is 9.90 Å². The maximum absolute atomic E-state index is 12.0. The van der Waals surface area contributed by atoms with Crippen LogP contribution in [-0.4, -0.2) is 32.0 Å². The van der Waals surface area contributed by atoms with Crippen molar-refractivity contribution in [2.45, 2.75) is 18.3 Å². The van der Waals surface area contributed by atoms with Crippen molar-refractivity contribution in [3.63, 3.8) is 0 Å². The first kappa shape index (κ1) is 15.5. The number of aliphatic hydroxyl groups excluding tert-OH is 1. The standard InChI is InChI=1S/C15H17N3O2S/c1-11(14(20)18-15-16-8-5-9-17-15)21-10-13(19)12-6-3-2-4-7-12/h2-9,11,13,19H,10H2,1H3,(H,16,17,18,20). The zero-order chi connectivity index (χ0) is 15.1. The highest BCUT2D eigenvalue weighted by molar-refractivity contribution is 8.00. The first-order valence-corrected chi connectivity index (χ1v) is 7.64. The Bertz CT molecular complexity index is 566. The topological polar surface area (TPSA) is 75.1 Å². The van der Waals surface area contributed by atoms with Crippen molar-refractivity contribution in [2.75, 3.05) is 11.1 Å². The van der Waals surface area contributed by atoms with E-state index in [0.717, 1.165) is 5.56 Å². The minimum atomic E-state index is -0.584. The lowest BCUT2D eigenvalue weighted by Gasteiger charge is -2.14. The Labute approximate surface area is 127 Å². The van der Waals surface area contributed by atoms with E-state index in [2.05, 4.69) is 15.3 Å². The summed E-state index contributed by atoms with van der Waals surface area (Å²) in [6.45, 7) is 1.79. The largest absolute Gasteiger partial charge is 0.388 e. The second-order valence-corrected chi connectivity index (χ2v) is 5.84. The number of anilines is 1. The molecule has 0 aliphatic heterocycles. The number of amides is 1. The minimum absolute atomic E-state index is 0.175. The third-order valence-electron chi connectivity index (χ3n) is 2.86. The molecule has 2 aromatic rings. The molecule has 2 unspecified atom stereocenters. The van der Waals surface area contributed by atoms with Crippen LogP contribution in [0.2, 0.25) is 0 Å². The third-order valence-corrected chi connectivity index (χ3v) is 4.08. The van der Waals surface area contributed by atoms with Gasteiger partial charge in [0.25, 0.3) is 0 Å². The number of hydrogen-bond donors (Lipinski definition) is 2. The average Bonchev–Trinajstić information content (AvgIpc) is 2.54. The molecule has 1 aromatic heterocycles. The number of aliphatic hydroxyl groups is 1. The van der Waals surface area contributed by atoms with Crippen LogP contribution in [0.3, 0.4) is 0 Å². The zero-order valence-corrected chi connectivity index (χ0v) is 12.5. The molecule has 6 heteroatoms. The highest BCUT2D eigenvalue weighted by atomic mass is 32.2. The molecule has 0 radical (unpaired) electrons. The molecule has 0 spiro atoms. The van der Waals surface area contributed by atoms with E-state index in [1.165, 1.54) is 11.8 Å². The Morgan fingerprint density at radius 1 is 1.24 bits per heavy atom. The molecule has 2 atom stereocenters. The van der Waals surface area contributed by atoms with Crippen LogP contribution in [0.1, 0.15) is 18.6 Å². The molecule has 2 rings (SSSR count). The summed E-state index contributed by atoms with van der Waals surface area (Å²) in [7, 11) is 0. The lowest BCUT2D eigenvalue weighted by molar-refractivity contribution is -0.115. The predicted octanol–water partition coefficient (Wildman–Crippen LogP) is 2.27. The molecule has 1 aromatic carbocycles. The number of aromatic nitrogens is 2. The maximum atomic E-state index is 12.0. The first-order chi connectivity index (χ1) is 10.2. The van der Waals surface area contributed by atoms with E-state index in [-0.39, 0.29) is 11.2 Å². The number of nitrogens with one attached hydrogen (secondary N) is 1. The quantitative estimate of drug-likeness (QED) is 0.856. The van der Waals surface area contributed by atoms with Gasteiger partial charge in [0.15, 0.2) is 0 Å². The summed E-state index contributed by atoms with van der Waals surface area (Å²) in [6, 6.07) is 11.1. The van der Waals surface area contributed by atoms with E-state index in [4.69, 9.17) is 0 Å². The highest BCUT2D eigenvalue weighted by Crippen LogP contribution is 2.21. The Balaban J connectivity index is 1.81. The van der Waals surface area contributed by atoms with Crippen LogP contribution in [0, 0.1) is 0 Å². The predicted molar refractivity (Wildman–Crippen MR) is 84.0 cm³/mol. The Morgan fingerprint density at radius 2 is 1.90 bits per heavy atom. The van der Waals surface area contributed by atoms with E-state index in [1.54, 1.807) is 25.4 Å². The van der Waals surface area contributed by atoms with E-state index in [9.17, 15) is 9.90 Å². The van der Waals surface area contributed by atoms with Crippen molar-refractivity contribution in [1.29, 1.82) is 0 Å². The van der Waals surface area contributed by atoms with Gasteiger partial charge in [0.1, 0.15) is 0 Å². The summed E-state index contributed by atoms with van der Waals surface area (Å²) < 4.78 is 0. The number of nitrogens with zero attached hydrogens (tertiary/aromatic N) is 2. The number of carbonyl (C=O) groups is 1. The number of benzene rings is 1. The number of hydrogen-bond acceptors (Lipinski definition) is 5. The van der Waals surface area contributed by atoms with E-state index in [0.29, 0.717) is 11.7 Å². The molecule has 1 amide bonds. The summed E-state index contributed by atoms with van der Waals surface area (Å²) >= 11 is 1.39. The van der Waals surface area contributed by atoms with Crippen LogP contribution < -0.4 is 5.32 Å². The van der Waals surface area contributed by atoms with Gasteiger partial charge in [-0.25, -0.2) is 9.97 Å². The zero-order valence-electron chi connectivity index (χ0n) is 11.6. The molecular weight excluding hydrogens is 286 g/mol. The van der Waals surface area contributed by atoms with Gasteiger partial charge in [-0.3, -0.25) is 10.1 Å². The van der Waals surface area contributed by atoms with Gasteiger partial charge < -0.3 is 5.11 Å². The molecule has 2 N–H and O–H groups in total. The van der Waals surface area contributed by atoms with Crippen LogP contribution >= 0.6 is 11.8 Å². The number of rotatable bonds is 6. The first-order valence-electron chi connectivity index (χ1n) is 6.59. The molecule has 0 aliphatic carbocycles. The highest BCUT2D eigenvalue weighted by Gasteiger charge is 2.17. The average molecular weight is 303 g/mol. The Morgan fingerprint density at radius 3 is 2.57 bits per heavy atom. The number of carbonyl (C=O) groups excluding carboxylic acids is 1. The lowest BCUT2D eigenvalue weighted by Crippen LogP contribution is -2.24. The number of thioether (sulfide) groups is 1. The maximum Gasteiger partial charge on any atom is 0.239 e. The van der Waals surface area contributed by atoms with Crippen LogP contribution in [0.25, 0.3) is 0 Å². The van der Waals surface area contributed by atoms with E-state index in [1.807, 2.05) is 30.3 Å². The van der Waals surface area contributed by atoms with E-state index < -0.39 is 6.10 Å². The fourth-order valence-corrected chi connectivity index (χ4v) is 2.53. The van der Waals surface area contributed by atoms with Crippen molar-refractivity contribution in [1.82, 2.24) is 9.97 Å². The van der Waals surface area contributed by atoms with Gasteiger partial charge in [0.05, 0.1) is 11.4 Å². The van der Waals surface area contributed by atoms with Gasteiger partial charge in [-0.1, -0.05) is 30.3 Å². The summed E-state index contributed by atoms with van der Waals surface area (Å²) in [5.41, 5.74) is 0.851. The molecular formula is C15H17N3O2S. The summed E-state index contributed by atoms with van der Waals surface area (Å²) in [6.07, 6.45) is 2.55. The second kappa shape index (κ2) is 7.75. The lowest BCUT2D eigenvalue weighted by atomic mass is 10.1. The van der Waals surface area contributed by atoms with Crippen molar-refractivity contribution in [3.05, 3.63) is 54.4 Å². The molecule has 0 saturated heterocycles. The second-order valence-electron chi connectivity index (χ2n) is 4.46. The minimum Gasteiger partial charge on any atom is -0.388 e. The summed E-state index contributed by atoms with van der Waals surface area (Å²) in [5.74, 6) is 0.568. The molecule has 0 saturated carbocycles. The molecule has 21 heavy (non-hydrogen) atoms. The third kappa shape index (κ3) is 4.84. The molecule has 0 aliphatic rings. The van der Waals surface area contributed by atoms with Crippen LogP contribution in [0.4, 0.5) is 5.95 Å². The fraction of sp³-hybridized carbons (Fsp3) is 0.267. The van der Waals surface area contributed by atoms with Gasteiger partial charge in [0.2, 0.25) is 11.9 Å². The van der Waals surface area contributed by atoms with E-state index >= 15 is 0 Å². The van der Waals surface area contributed by atoms with Crippen LogP contribution in [0.5, 0.6) is 0 Å². The van der Waals surface area contributed by atoms with Crippen LogP contribution in [0.15, 0.2) is 48.8 Å². The van der Waals surface area contributed by atoms with Gasteiger partial charge in [-0.2, -0.15) is 0 Å². The van der Waals surface area contributed by atoms with Crippen molar-refractivity contribution in [2.24, 2.45) is 0 Å². The molecule has 110 valence electrons. The van der Waals surface area contributed by atoms with Crippen molar-refractivity contribution >= 4 is 23.6 Å². The smallest absolute Gasteiger partial charge is 0.239 e. The summed E-state index contributed by atoms with van der Waals surface area (Å²) in [5, 5.41) is 12.4. The van der Waals surface area contributed by atoms with Crippen LogP contribution in [-0.2, 0) is 4.79 Å². The Kier molecular flexibility index (Phi) is 5.71. The van der Waals surface area contributed by atoms with Crippen molar-refractivity contribution in [3.8, 4) is 0 Å². The molecule has 0 fully saturated rings. The SMILES string of the molecule is CC(SCC(O)c1ccccc1)C(=O)Nc1ncccn1. The molecule has 1 heterocycles. The van der Waals surface area contributed by atoms with Gasteiger partial charge in [-0.15, -0.1) is 11.8 Å². The monoisotopic (exact) mass is 303 g/mol. The fourth-order valence-electron chi connectivity index (χ4n) is 1.66. The molecule has 5 nitrogen and oxygen atoms in total. The molecule has 0 bridgehead atoms. The van der Waals surface area contributed by atoms with Gasteiger partial charge in [-0.05, 0) is 18.6 Å². The normalized spacial score (nSPS) is 13.4.